The van der Waals surface area contributed by atoms with Gasteiger partial charge in [0.2, 0.25) is 0 Å². The van der Waals surface area contributed by atoms with E-state index in [-0.39, 0.29) is 5.92 Å². The molecular formula is C15H18F3NO2. The van der Waals surface area contributed by atoms with Crippen molar-refractivity contribution < 1.29 is 22.7 Å². The maximum absolute atomic E-state index is 12.7. The van der Waals surface area contributed by atoms with Gasteiger partial charge in [0.05, 0.1) is 7.11 Å². The Morgan fingerprint density at radius 1 is 1.43 bits per heavy atom. The summed E-state index contributed by atoms with van der Waals surface area (Å²) in [5.41, 5.74) is -0.0935. The number of alkyl halides is 3. The number of nitrogens with zero attached hydrogens (tertiary/aromatic N) is 1. The zero-order chi connectivity index (χ0) is 16.0. The standard InChI is InChI=1S/C15H18F3NO2/c1-4-10(2)9-12-11(6-8-14(20)21-3)5-7-13(19-12)15(16,17)18/h5-8,10H,4,9H2,1-3H3. The SMILES string of the molecule is CCC(C)Cc1nc(C(F)(F)F)ccc1C=CC(=O)OC. The Bertz CT molecular complexity index is 524. The highest BCUT2D eigenvalue weighted by molar-refractivity contribution is 5.87. The van der Waals surface area contributed by atoms with E-state index in [1.54, 1.807) is 0 Å². The molecule has 0 aliphatic heterocycles. The smallest absolute Gasteiger partial charge is 0.433 e. The van der Waals surface area contributed by atoms with E-state index in [0.717, 1.165) is 12.5 Å². The fourth-order valence-corrected chi connectivity index (χ4v) is 1.69. The first-order valence-electron chi connectivity index (χ1n) is 6.61. The fourth-order valence-electron chi connectivity index (χ4n) is 1.69. The maximum Gasteiger partial charge on any atom is 0.433 e. The van der Waals surface area contributed by atoms with Crippen LogP contribution >= 0.6 is 0 Å². The van der Waals surface area contributed by atoms with Crippen molar-refractivity contribution >= 4 is 12.0 Å². The van der Waals surface area contributed by atoms with Crippen molar-refractivity contribution in [3.05, 3.63) is 35.2 Å². The molecule has 6 heteroatoms. The molecule has 0 amide bonds. The Morgan fingerprint density at radius 3 is 2.62 bits per heavy atom. The number of aromatic nitrogens is 1. The number of hydrogen-bond acceptors (Lipinski definition) is 3. The van der Waals surface area contributed by atoms with Crippen molar-refractivity contribution in [3.8, 4) is 0 Å². The lowest BCUT2D eigenvalue weighted by molar-refractivity contribution is -0.141. The number of halogens is 3. The van der Waals surface area contributed by atoms with E-state index in [4.69, 9.17) is 0 Å². The largest absolute Gasteiger partial charge is 0.466 e. The molecule has 0 aliphatic rings. The highest BCUT2D eigenvalue weighted by atomic mass is 19.4. The van der Waals surface area contributed by atoms with Crippen molar-refractivity contribution in [2.24, 2.45) is 5.92 Å². The Labute approximate surface area is 121 Å². The number of carbonyl (C=O) groups excluding carboxylic acids is 1. The summed E-state index contributed by atoms with van der Waals surface area (Å²) in [6, 6.07) is 2.24. The zero-order valence-electron chi connectivity index (χ0n) is 12.2. The summed E-state index contributed by atoms with van der Waals surface area (Å²) in [6.45, 7) is 3.90. The molecule has 3 nitrogen and oxygen atoms in total. The van der Waals surface area contributed by atoms with Crippen LogP contribution in [0.3, 0.4) is 0 Å². The van der Waals surface area contributed by atoms with E-state index in [0.29, 0.717) is 17.7 Å². The van der Waals surface area contributed by atoms with Crippen molar-refractivity contribution in [2.75, 3.05) is 7.11 Å². The second-order valence-electron chi connectivity index (χ2n) is 4.80. The van der Waals surface area contributed by atoms with Crippen LogP contribution in [0.15, 0.2) is 18.2 Å². The summed E-state index contributed by atoms with van der Waals surface area (Å²) in [5.74, 6) is -0.365. The van der Waals surface area contributed by atoms with E-state index in [1.807, 2.05) is 13.8 Å². The first kappa shape index (κ1) is 17.2. The van der Waals surface area contributed by atoms with Gasteiger partial charge in [0.25, 0.3) is 0 Å². The third-order valence-electron chi connectivity index (χ3n) is 3.14. The molecule has 116 valence electrons. The molecular weight excluding hydrogens is 283 g/mol. The lowest BCUT2D eigenvalue weighted by Crippen LogP contribution is -2.12. The fraction of sp³-hybridized carbons (Fsp3) is 0.467. The molecule has 0 spiro atoms. The molecule has 1 aromatic heterocycles. The minimum absolute atomic E-state index is 0.200. The second kappa shape index (κ2) is 7.24. The molecule has 1 atom stereocenters. The van der Waals surface area contributed by atoms with E-state index in [2.05, 4.69) is 9.72 Å². The van der Waals surface area contributed by atoms with E-state index >= 15 is 0 Å². The van der Waals surface area contributed by atoms with Crippen LogP contribution in [-0.2, 0) is 22.1 Å². The molecule has 1 rings (SSSR count). The summed E-state index contributed by atoms with van der Waals surface area (Å²) in [5, 5.41) is 0. The Hall–Kier alpha value is -1.85. The number of hydrogen-bond donors (Lipinski definition) is 0. The first-order valence-corrected chi connectivity index (χ1v) is 6.61. The molecule has 1 heterocycles. The van der Waals surface area contributed by atoms with Gasteiger partial charge in [-0.15, -0.1) is 0 Å². The average molecular weight is 301 g/mol. The third kappa shape index (κ3) is 5.21. The highest BCUT2D eigenvalue weighted by Crippen LogP contribution is 2.29. The molecule has 0 saturated heterocycles. The summed E-state index contributed by atoms with van der Waals surface area (Å²) >= 11 is 0. The minimum atomic E-state index is -4.48. The Morgan fingerprint density at radius 2 is 2.10 bits per heavy atom. The van der Waals surface area contributed by atoms with Gasteiger partial charge < -0.3 is 4.74 Å². The Kier molecular flexibility index (Phi) is 5.93. The van der Waals surface area contributed by atoms with Crippen molar-refractivity contribution in [1.82, 2.24) is 4.98 Å². The van der Waals surface area contributed by atoms with Gasteiger partial charge in [0, 0.05) is 11.8 Å². The second-order valence-corrected chi connectivity index (χ2v) is 4.80. The van der Waals surface area contributed by atoms with Gasteiger partial charge in [-0.2, -0.15) is 13.2 Å². The van der Waals surface area contributed by atoms with Gasteiger partial charge in [-0.3, -0.25) is 0 Å². The number of rotatable bonds is 5. The van der Waals surface area contributed by atoms with Crippen LogP contribution in [-0.4, -0.2) is 18.1 Å². The van der Waals surface area contributed by atoms with Crippen LogP contribution in [0.4, 0.5) is 13.2 Å². The predicted molar refractivity (Wildman–Crippen MR) is 73.4 cm³/mol. The topological polar surface area (TPSA) is 39.2 Å². The highest BCUT2D eigenvalue weighted by Gasteiger charge is 2.32. The number of esters is 1. The van der Waals surface area contributed by atoms with E-state index in [1.165, 1.54) is 25.3 Å². The quantitative estimate of drug-likeness (QED) is 0.612. The average Bonchev–Trinajstić information content (AvgIpc) is 2.44. The van der Waals surface area contributed by atoms with Crippen molar-refractivity contribution in [3.63, 3.8) is 0 Å². The molecule has 0 aliphatic carbocycles. The van der Waals surface area contributed by atoms with Gasteiger partial charge in [-0.25, -0.2) is 9.78 Å². The summed E-state index contributed by atoms with van der Waals surface area (Å²) in [4.78, 5) is 14.8. The van der Waals surface area contributed by atoms with Gasteiger partial charge in [0.15, 0.2) is 0 Å². The summed E-state index contributed by atoms with van der Waals surface area (Å²) in [7, 11) is 1.23. The van der Waals surface area contributed by atoms with Crippen LogP contribution in [0.2, 0.25) is 0 Å². The van der Waals surface area contributed by atoms with Crippen LogP contribution in [0, 0.1) is 5.92 Å². The van der Waals surface area contributed by atoms with E-state index < -0.39 is 17.8 Å². The van der Waals surface area contributed by atoms with Gasteiger partial charge in [-0.1, -0.05) is 26.3 Å². The number of methoxy groups -OCH3 is 1. The van der Waals surface area contributed by atoms with Crippen molar-refractivity contribution in [1.29, 1.82) is 0 Å². The molecule has 0 saturated carbocycles. The summed E-state index contributed by atoms with van der Waals surface area (Å²) < 4.78 is 42.7. The molecule has 1 aromatic rings. The van der Waals surface area contributed by atoms with Crippen LogP contribution in [0.1, 0.15) is 37.2 Å². The molecule has 0 aromatic carbocycles. The van der Waals surface area contributed by atoms with Crippen LogP contribution < -0.4 is 0 Å². The lowest BCUT2D eigenvalue weighted by atomic mass is 9.99. The monoisotopic (exact) mass is 301 g/mol. The third-order valence-corrected chi connectivity index (χ3v) is 3.14. The molecule has 21 heavy (non-hydrogen) atoms. The van der Waals surface area contributed by atoms with Gasteiger partial charge >= 0.3 is 12.1 Å². The molecule has 0 fully saturated rings. The number of carbonyl (C=O) groups is 1. The first-order chi connectivity index (χ1) is 9.77. The minimum Gasteiger partial charge on any atom is -0.466 e. The van der Waals surface area contributed by atoms with E-state index in [9.17, 15) is 18.0 Å². The maximum atomic E-state index is 12.7. The molecule has 0 N–H and O–H groups in total. The van der Waals surface area contributed by atoms with Crippen LogP contribution in [0.5, 0.6) is 0 Å². The predicted octanol–water partition coefficient (Wildman–Crippen LogP) is 3.88. The van der Waals surface area contributed by atoms with Crippen LogP contribution in [0.25, 0.3) is 6.08 Å². The molecule has 0 radical (unpaired) electrons. The summed E-state index contributed by atoms with van der Waals surface area (Å²) in [6.07, 6.45) is -0.630. The Balaban J connectivity index is 3.17. The number of ether oxygens (including phenoxy) is 1. The van der Waals surface area contributed by atoms with Crippen molar-refractivity contribution in [2.45, 2.75) is 32.9 Å². The number of pyridine rings is 1. The molecule has 0 bridgehead atoms. The van der Waals surface area contributed by atoms with Gasteiger partial charge in [-0.05, 0) is 30.0 Å². The molecule has 1 unspecified atom stereocenters. The normalized spacial score (nSPS) is 13.4. The van der Waals surface area contributed by atoms with Gasteiger partial charge in [0.1, 0.15) is 5.69 Å². The zero-order valence-corrected chi connectivity index (χ0v) is 12.2. The lowest BCUT2D eigenvalue weighted by Gasteiger charge is -2.13.